The Hall–Kier alpha value is -1.71. The summed E-state index contributed by atoms with van der Waals surface area (Å²) in [6, 6.07) is 1.51. The minimum absolute atomic E-state index is 0.299. The van der Waals surface area contributed by atoms with Crippen molar-refractivity contribution < 1.29 is 8.42 Å². The maximum atomic E-state index is 12.5. The van der Waals surface area contributed by atoms with E-state index < -0.39 is 10.0 Å². The summed E-state index contributed by atoms with van der Waals surface area (Å²) >= 11 is 1.16. The van der Waals surface area contributed by atoms with Crippen molar-refractivity contribution in [3.05, 3.63) is 30.0 Å². The molecule has 1 aliphatic rings. The minimum atomic E-state index is -3.44. The number of aromatic nitrogens is 2. The smallest absolute Gasteiger partial charge is 0.252 e. The van der Waals surface area contributed by atoms with Gasteiger partial charge in [0.25, 0.3) is 10.0 Å². The van der Waals surface area contributed by atoms with Crippen LogP contribution < -0.4 is 10.6 Å². The van der Waals surface area contributed by atoms with Crippen molar-refractivity contribution >= 4 is 32.9 Å². The molecule has 112 valence electrons. The Morgan fingerprint density at radius 3 is 2.52 bits per heavy atom. The largest absolute Gasteiger partial charge is 0.398 e. The molecule has 1 aliphatic heterocycles. The zero-order valence-corrected chi connectivity index (χ0v) is 12.8. The third kappa shape index (κ3) is 2.85. The average molecular weight is 325 g/mol. The number of nitrogen functional groups attached to an aromatic ring is 1. The van der Waals surface area contributed by atoms with Crippen LogP contribution in [0.3, 0.4) is 0 Å². The molecule has 1 fully saturated rings. The Labute approximate surface area is 127 Å². The van der Waals surface area contributed by atoms with Gasteiger partial charge in [-0.15, -0.1) is 11.3 Å². The Morgan fingerprint density at radius 2 is 1.95 bits per heavy atom. The van der Waals surface area contributed by atoms with Gasteiger partial charge in [0.2, 0.25) is 0 Å². The van der Waals surface area contributed by atoms with E-state index in [1.165, 1.54) is 10.4 Å². The predicted molar refractivity (Wildman–Crippen MR) is 81.7 cm³/mol. The monoisotopic (exact) mass is 325 g/mol. The van der Waals surface area contributed by atoms with E-state index in [0.717, 1.165) is 17.2 Å². The van der Waals surface area contributed by atoms with Crippen LogP contribution in [0.5, 0.6) is 0 Å². The highest BCUT2D eigenvalue weighted by atomic mass is 32.2. The first-order valence-electron chi connectivity index (χ1n) is 6.42. The van der Waals surface area contributed by atoms with Crippen LogP contribution in [-0.4, -0.2) is 48.9 Å². The Balaban J connectivity index is 1.71. The molecule has 2 aromatic heterocycles. The molecule has 7 nitrogen and oxygen atoms in total. The lowest BCUT2D eigenvalue weighted by molar-refractivity contribution is 0.384. The normalized spacial score (nSPS) is 17.0. The number of piperazine rings is 1. The maximum Gasteiger partial charge on any atom is 0.252 e. The number of nitrogens with zero attached hydrogens (tertiary/aromatic N) is 4. The fraction of sp³-hybridized carbons (Fsp3) is 0.333. The number of nitrogens with two attached hydrogens (primary N) is 1. The third-order valence-corrected chi connectivity index (χ3v) is 6.63. The molecule has 0 unspecified atom stereocenters. The second-order valence-corrected chi connectivity index (χ2v) is 7.73. The molecular weight excluding hydrogens is 310 g/mol. The SMILES string of the molecule is Nc1csc(S(=O)(=O)N2CCN(c3cnccn3)CC2)c1. The van der Waals surface area contributed by atoms with E-state index >= 15 is 0 Å². The van der Waals surface area contributed by atoms with Gasteiger partial charge in [-0.2, -0.15) is 4.31 Å². The van der Waals surface area contributed by atoms with Crippen LogP contribution in [0.25, 0.3) is 0 Å². The first kappa shape index (κ1) is 14.2. The van der Waals surface area contributed by atoms with Crippen LogP contribution in [0.2, 0.25) is 0 Å². The standard InChI is InChI=1S/C12H15N5O2S2/c13-10-7-12(20-9-10)21(18,19)17-5-3-16(4-6-17)11-8-14-1-2-15-11/h1-2,7-9H,3-6,13H2. The highest BCUT2D eigenvalue weighted by molar-refractivity contribution is 7.91. The molecule has 0 aliphatic carbocycles. The number of hydrogen-bond donors (Lipinski definition) is 1. The van der Waals surface area contributed by atoms with Crippen LogP contribution in [0.4, 0.5) is 11.5 Å². The maximum absolute atomic E-state index is 12.5. The number of rotatable bonds is 3. The van der Waals surface area contributed by atoms with Crippen molar-refractivity contribution in [2.45, 2.75) is 4.21 Å². The molecule has 3 heterocycles. The summed E-state index contributed by atoms with van der Waals surface area (Å²) in [5, 5.41) is 1.64. The van der Waals surface area contributed by atoms with Gasteiger partial charge in [0.05, 0.1) is 6.20 Å². The fourth-order valence-corrected chi connectivity index (χ4v) is 4.86. The molecule has 2 N–H and O–H groups in total. The van der Waals surface area contributed by atoms with Crippen LogP contribution in [0.15, 0.2) is 34.2 Å². The molecule has 3 rings (SSSR count). The van der Waals surface area contributed by atoms with Crippen LogP contribution in [0.1, 0.15) is 0 Å². The molecule has 1 saturated heterocycles. The Bertz CT molecular complexity index is 708. The van der Waals surface area contributed by atoms with Gasteiger partial charge in [-0.05, 0) is 6.07 Å². The lowest BCUT2D eigenvalue weighted by Gasteiger charge is -2.34. The molecule has 0 saturated carbocycles. The summed E-state index contributed by atoms with van der Waals surface area (Å²) in [5.74, 6) is 0.773. The lowest BCUT2D eigenvalue weighted by Crippen LogP contribution is -2.48. The van der Waals surface area contributed by atoms with E-state index in [0.29, 0.717) is 36.1 Å². The molecule has 0 spiro atoms. The number of hydrogen-bond acceptors (Lipinski definition) is 7. The van der Waals surface area contributed by atoms with Gasteiger partial charge >= 0.3 is 0 Å². The molecule has 2 aromatic rings. The molecule has 21 heavy (non-hydrogen) atoms. The summed E-state index contributed by atoms with van der Waals surface area (Å²) in [7, 11) is -3.44. The van der Waals surface area contributed by atoms with Gasteiger partial charge in [0, 0.05) is 49.6 Å². The van der Waals surface area contributed by atoms with E-state index in [-0.39, 0.29) is 0 Å². The van der Waals surface area contributed by atoms with Crippen LogP contribution in [-0.2, 0) is 10.0 Å². The summed E-state index contributed by atoms with van der Waals surface area (Å²) in [4.78, 5) is 10.3. The second kappa shape index (κ2) is 5.58. The van der Waals surface area contributed by atoms with Gasteiger partial charge in [0.1, 0.15) is 10.0 Å². The summed E-state index contributed by atoms with van der Waals surface area (Å²) in [5.41, 5.74) is 6.09. The first-order valence-corrected chi connectivity index (χ1v) is 8.74. The van der Waals surface area contributed by atoms with E-state index in [4.69, 9.17) is 5.73 Å². The quantitative estimate of drug-likeness (QED) is 0.890. The molecule has 0 aromatic carbocycles. The minimum Gasteiger partial charge on any atom is -0.398 e. The zero-order valence-electron chi connectivity index (χ0n) is 11.2. The molecule has 0 radical (unpaired) electrons. The number of anilines is 2. The second-order valence-electron chi connectivity index (χ2n) is 4.65. The summed E-state index contributed by atoms with van der Waals surface area (Å²) < 4.78 is 26.7. The molecule has 0 amide bonds. The topological polar surface area (TPSA) is 92.4 Å². The third-order valence-electron chi connectivity index (χ3n) is 3.30. The van der Waals surface area contributed by atoms with E-state index in [1.54, 1.807) is 24.0 Å². The van der Waals surface area contributed by atoms with Crippen molar-refractivity contribution in [2.24, 2.45) is 0 Å². The van der Waals surface area contributed by atoms with Gasteiger partial charge in [-0.25, -0.2) is 13.4 Å². The first-order chi connectivity index (χ1) is 10.1. The Kier molecular flexibility index (Phi) is 3.79. The predicted octanol–water partition coefficient (Wildman–Crippen LogP) is 0.631. The highest BCUT2D eigenvalue weighted by Crippen LogP contribution is 2.26. The average Bonchev–Trinajstić information content (AvgIpc) is 2.96. The molecule has 0 bridgehead atoms. The van der Waals surface area contributed by atoms with Crippen molar-refractivity contribution in [1.29, 1.82) is 0 Å². The van der Waals surface area contributed by atoms with Crippen molar-refractivity contribution in [3.63, 3.8) is 0 Å². The van der Waals surface area contributed by atoms with E-state index in [1.807, 2.05) is 4.90 Å². The van der Waals surface area contributed by atoms with Gasteiger partial charge < -0.3 is 10.6 Å². The van der Waals surface area contributed by atoms with Crippen LogP contribution in [0, 0.1) is 0 Å². The van der Waals surface area contributed by atoms with Crippen molar-refractivity contribution in [2.75, 3.05) is 36.8 Å². The lowest BCUT2D eigenvalue weighted by atomic mass is 10.3. The molecule has 0 atom stereocenters. The van der Waals surface area contributed by atoms with E-state index in [2.05, 4.69) is 9.97 Å². The van der Waals surface area contributed by atoms with Gasteiger partial charge in [0.15, 0.2) is 0 Å². The van der Waals surface area contributed by atoms with Gasteiger partial charge in [-0.1, -0.05) is 0 Å². The van der Waals surface area contributed by atoms with Crippen molar-refractivity contribution in [1.82, 2.24) is 14.3 Å². The number of sulfonamides is 1. The van der Waals surface area contributed by atoms with E-state index in [9.17, 15) is 8.42 Å². The zero-order chi connectivity index (χ0) is 14.9. The summed E-state index contributed by atoms with van der Waals surface area (Å²) in [6.45, 7) is 2.05. The number of thiophene rings is 1. The summed E-state index contributed by atoms with van der Waals surface area (Å²) in [6.07, 6.45) is 4.93. The highest BCUT2D eigenvalue weighted by Gasteiger charge is 2.29. The van der Waals surface area contributed by atoms with Crippen LogP contribution >= 0.6 is 11.3 Å². The molecular formula is C12H15N5O2S2. The Morgan fingerprint density at radius 1 is 1.19 bits per heavy atom. The van der Waals surface area contributed by atoms with Gasteiger partial charge in [-0.3, -0.25) is 4.98 Å². The molecule has 9 heteroatoms. The fourth-order valence-electron chi connectivity index (χ4n) is 2.20. The van der Waals surface area contributed by atoms with Crippen molar-refractivity contribution in [3.8, 4) is 0 Å².